The van der Waals surface area contributed by atoms with Gasteiger partial charge in [0, 0.05) is 10.9 Å². The van der Waals surface area contributed by atoms with Gasteiger partial charge < -0.3 is 0 Å². The van der Waals surface area contributed by atoms with Crippen LogP contribution in [-0.4, -0.2) is 11.3 Å². The number of hydrogen-bond acceptors (Lipinski definition) is 3. The summed E-state index contributed by atoms with van der Waals surface area (Å²) >= 11 is 1.09. The van der Waals surface area contributed by atoms with Crippen LogP contribution in [0.1, 0.15) is 9.80 Å². The van der Waals surface area contributed by atoms with Crippen LogP contribution in [0.25, 0.3) is 11.3 Å². The van der Waals surface area contributed by atoms with Crippen molar-refractivity contribution in [2.24, 2.45) is 0 Å². The lowest BCUT2D eigenvalue weighted by molar-refractivity contribution is 0.112. The molecule has 0 aliphatic carbocycles. The monoisotopic (exact) mass is 225 g/mol. The van der Waals surface area contributed by atoms with Gasteiger partial charge in [0.15, 0.2) is 11.3 Å². The minimum absolute atomic E-state index is 0.0688. The summed E-state index contributed by atoms with van der Waals surface area (Å²) in [6.45, 7) is 0. The van der Waals surface area contributed by atoms with Crippen molar-refractivity contribution in [1.82, 2.24) is 4.98 Å². The number of nitrogens with zero attached hydrogens (tertiary/aromatic N) is 1. The summed E-state index contributed by atoms with van der Waals surface area (Å²) in [7, 11) is 0. The van der Waals surface area contributed by atoms with Gasteiger partial charge in [0.1, 0.15) is 11.6 Å². The summed E-state index contributed by atoms with van der Waals surface area (Å²) < 4.78 is 26.1. The summed E-state index contributed by atoms with van der Waals surface area (Å²) in [5.41, 5.74) is 0.346. The standard InChI is InChI=1S/C10H5F2NOS/c11-6-1-2-8(12)7(3-6)9-5-15-10(4-14)13-9/h1-5H. The fourth-order valence-corrected chi connectivity index (χ4v) is 1.78. The van der Waals surface area contributed by atoms with Crippen molar-refractivity contribution in [3.8, 4) is 11.3 Å². The molecule has 0 fully saturated rings. The minimum atomic E-state index is -0.556. The highest BCUT2D eigenvalue weighted by atomic mass is 32.1. The maximum atomic E-state index is 13.3. The average molecular weight is 225 g/mol. The molecule has 15 heavy (non-hydrogen) atoms. The Morgan fingerprint density at radius 2 is 2.13 bits per heavy atom. The molecule has 0 saturated heterocycles. The summed E-state index contributed by atoms with van der Waals surface area (Å²) in [6, 6.07) is 3.12. The minimum Gasteiger partial charge on any atom is -0.295 e. The van der Waals surface area contributed by atoms with E-state index in [0.717, 1.165) is 29.5 Å². The van der Waals surface area contributed by atoms with Crippen molar-refractivity contribution in [3.63, 3.8) is 0 Å². The van der Waals surface area contributed by atoms with Crippen LogP contribution in [-0.2, 0) is 0 Å². The first-order valence-corrected chi connectivity index (χ1v) is 4.95. The zero-order chi connectivity index (χ0) is 10.8. The number of rotatable bonds is 2. The fourth-order valence-electron chi connectivity index (χ4n) is 1.16. The third kappa shape index (κ3) is 1.92. The van der Waals surface area contributed by atoms with Crippen molar-refractivity contribution in [2.45, 2.75) is 0 Å². The summed E-state index contributed by atoms with van der Waals surface area (Å²) in [4.78, 5) is 14.2. The van der Waals surface area contributed by atoms with Gasteiger partial charge in [0.2, 0.25) is 0 Å². The van der Waals surface area contributed by atoms with E-state index in [2.05, 4.69) is 4.98 Å². The van der Waals surface area contributed by atoms with Crippen molar-refractivity contribution in [2.75, 3.05) is 0 Å². The second-order valence-electron chi connectivity index (χ2n) is 2.81. The van der Waals surface area contributed by atoms with E-state index in [0.29, 0.717) is 6.29 Å². The van der Waals surface area contributed by atoms with Crippen LogP contribution in [0.15, 0.2) is 23.6 Å². The first-order valence-electron chi connectivity index (χ1n) is 4.07. The molecule has 76 valence electrons. The van der Waals surface area contributed by atoms with Crippen molar-refractivity contribution in [3.05, 3.63) is 40.2 Å². The lowest BCUT2D eigenvalue weighted by atomic mass is 10.1. The Bertz CT molecular complexity index is 510. The molecule has 0 amide bonds. The van der Waals surface area contributed by atoms with Crippen LogP contribution in [0.2, 0.25) is 0 Å². The second-order valence-corrected chi connectivity index (χ2v) is 3.70. The highest BCUT2D eigenvalue weighted by Gasteiger charge is 2.09. The number of halogens is 2. The van der Waals surface area contributed by atoms with E-state index in [1.165, 1.54) is 5.38 Å². The number of aldehydes is 1. The smallest absolute Gasteiger partial charge is 0.178 e. The molecule has 0 N–H and O–H groups in total. The third-order valence-corrected chi connectivity index (χ3v) is 2.60. The number of aromatic nitrogens is 1. The Kier molecular flexibility index (Phi) is 2.55. The molecule has 1 heterocycles. The lowest BCUT2D eigenvalue weighted by Gasteiger charge is -1.98. The van der Waals surface area contributed by atoms with Gasteiger partial charge >= 0.3 is 0 Å². The third-order valence-electron chi connectivity index (χ3n) is 1.83. The van der Waals surface area contributed by atoms with Crippen LogP contribution in [0, 0.1) is 11.6 Å². The van der Waals surface area contributed by atoms with Crippen molar-refractivity contribution in [1.29, 1.82) is 0 Å². The van der Waals surface area contributed by atoms with Crippen molar-refractivity contribution >= 4 is 17.6 Å². The van der Waals surface area contributed by atoms with Crippen LogP contribution >= 0.6 is 11.3 Å². The molecule has 5 heteroatoms. The molecular formula is C10H5F2NOS. The van der Waals surface area contributed by atoms with Gasteiger partial charge in [-0.1, -0.05) is 0 Å². The molecule has 1 aromatic heterocycles. The van der Waals surface area contributed by atoms with Crippen LogP contribution < -0.4 is 0 Å². The van der Waals surface area contributed by atoms with Gasteiger partial charge in [-0.3, -0.25) is 4.79 Å². The number of carbonyl (C=O) groups excluding carboxylic acids is 1. The molecule has 2 nitrogen and oxygen atoms in total. The summed E-state index contributed by atoms with van der Waals surface area (Å²) in [6.07, 6.45) is 0.575. The first-order chi connectivity index (χ1) is 7.20. The van der Waals surface area contributed by atoms with E-state index in [1.807, 2.05) is 0 Å². The lowest BCUT2D eigenvalue weighted by Crippen LogP contribution is -1.87. The molecule has 0 spiro atoms. The summed E-state index contributed by atoms with van der Waals surface area (Å²) in [5.74, 6) is -1.09. The topological polar surface area (TPSA) is 30.0 Å². The molecule has 2 rings (SSSR count). The highest BCUT2D eigenvalue weighted by Crippen LogP contribution is 2.24. The molecule has 0 aliphatic rings. The quantitative estimate of drug-likeness (QED) is 0.735. The number of benzene rings is 1. The number of hydrogen-bond donors (Lipinski definition) is 0. The van der Waals surface area contributed by atoms with Gasteiger partial charge in [-0.05, 0) is 18.2 Å². The van der Waals surface area contributed by atoms with E-state index in [1.54, 1.807) is 0 Å². The van der Waals surface area contributed by atoms with E-state index < -0.39 is 11.6 Å². The molecule has 0 bridgehead atoms. The molecule has 1 aromatic carbocycles. The van der Waals surface area contributed by atoms with Crippen LogP contribution in [0.3, 0.4) is 0 Å². The first kappa shape index (κ1) is 9.92. The highest BCUT2D eigenvalue weighted by molar-refractivity contribution is 7.11. The fraction of sp³-hybridized carbons (Fsp3) is 0. The Balaban J connectivity index is 2.52. The zero-order valence-electron chi connectivity index (χ0n) is 7.41. The van der Waals surface area contributed by atoms with Crippen LogP contribution in [0.4, 0.5) is 8.78 Å². The molecule has 2 aromatic rings. The normalized spacial score (nSPS) is 10.3. The van der Waals surface area contributed by atoms with Gasteiger partial charge in [-0.25, -0.2) is 13.8 Å². The van der Waals surface area contributed by atoms with E-state index in [-0.39, 0.29) is 16.3 Å². The van der Waals surface area contributed by atoms with Gasteiger partial charge in [-0.15, -0.1) is 11.3 Å². The molecule has 0 aliphatic heterocycles. The average Bonchev–Trinajstić information content (AvgIpc) is 2.70. The van der Waals surface area contributed by atoms with Gasteiger partial charge in [-0.2, -0.15) is 0 Å². The Morgan fingerprint density at radius 1 is 1.33 bits per heavy atom. The molecule has 0 atom stereocenters. The van der Waals surface area contributed by atoms with E-state index in [4.69, 9.17) is 0 Å². The van der Waals surface area contributed by atoms with E-state index >= 15 is 0 Å². The van der Waals surface area contributed by atoms with Crippen LogP contribution in [0.5, 0.6) is 0 Å². The number of thiazole rings is 1. The number of carbonyl (C=O) groups is 1. The largest absolute Gasteiger partial charge is 0.295 e. The molecule has 0 radical (unpaired) electrons. The second kappa shape index (κ2) is 3.86. The predicted octanol–water partition coefficient (Wildman–Crippen LogP) is 2.90. The Hall–Kier alpha value is -1.62. The predicted molar refractivity (Wildman–Crippen MR) is 52.9 cm³/mol. The van der Waals surface area contributed by atoms with Crippen molar-refractivity contribution < 1.29 is 13.6 Å². The maximum Gasteiger partial charge on any atom is 0.178 e. The van der Waals surface area contributed by atoms with Gasteiger partial charge in [0.05, 0.1) is 5.69 Å². The molecular weight excluding hydrogens is 220 g/mol. The SMILES string of the molecule is O=Cc1nc(-c2cc(F)ccc2F)cs1. The zero-order valence-corrected chi connectivity index (χ0v) is 8.22. The Labute approximate surface area is 88.2 Å². The molecule has 0 saturated carbocycles. The Morgan fingerprint density at radius 3 is 2.80 bits per heavy atom. The maximum absolute atomic E-state index is 13.3. The van der Waals surface area contributed by atoms with Gasteiger partial charge in [0.25, 0.3) is 0 Å². The van der Waals surface area contributed by atoms with E-state index in [9.17, 15) is 13.6 Å². The summed E-state index contributed by atoms with van der Waals surface area (Å²) in [5, 5.41) is 1.76. The molecule has 0 unspecified atom stereocenters.